The molecule has 2 aromatic rings. The standard InChI is InChI=1S/C18H21NO5/c1-21-13-5-3-4-11-10-15(24-16(11)13)18(20)19-8-9-23-14-7-6-12(19)17(14)22-2/h3-5,10,12,14,17H,6-9H2,1-2H3. The van der Waals surface area contributed by atoms with E-state index >= 15 is 0 Å². The molecule has 6 heteroatoms. The van der Waals surface area contributed by atoms with E-state index in [1.54, 1.807) is 20.3 Å². The van der Waals surface area contributed by atoms with Crippen LogP contribution < -0.4 is 4.74 Å². The zero-order chi connectivity index (χ0) is 16.7. The molecular weight excluding hydrogens is 310 g/mol. The Kier molecular flexibility index (Phi) is 3.94. The first kappa shape index (κ1) is 15.5. The van der Waals surface area contributed by atoms with Gasteiger partial charge < -0.3 is 23.5 Å². The van der Waals surface area contributed by atoms with Gasteiger partial charge in [0.1, 0.15) is 6.10 Å². The fraction of sp³-hybridized carbons (Fsp3) is 0.500. The molecule has 2 fully saturated rings. The van der Waals surface area contributed by atoms with Crippen LogP contribution in [0, 0.1) is 0 Å². The van der Waals surface area contributed by atoms with Gasteiger partial charge in [-0.2, -0.15) is 0 Å². The summed E-state index contributed by atoms with van der Waals surface area (Å²) in [5, 5.41) is 0.858. The summed E-state index contributed by atoms with van der Waals surface area (Å²) in [6, 6.07) is 7.42. The zero-order valence-electron chi connectivity index (χ0n) is 13.9. The minimum absolute atomic E-state index is 0.0325. The second-order valence-corrected chi connectivity index (χ2v) is 6.24. The normalized spacial score (nSPS) is 26.6. The molecule has 0 spiro atoms. The van der Waals surface area contributed by atoms with Gasteiger partial charge in [0, 0.05) is 19.0 Å². The van der Waals surface area contributed by atoms with Gasteiger partial charge in [-0.05, 0) is 25.0 Å². The maximum Gasteiger partial charge on any atom is 0.290 e. The number of nitrogens with zero attached hydrogens (tertiary/aromatic N) is 1. The lowest BCUT2D eigenvalue weighted by molar-refractivity contribution is -0.0317. The van der Waals surface area contributed by atoms with Gasteiger partial charge >= 0.3 is 0 Å². The Morgan fingerprint density at radius 3 is 2.96 bits per heavy atom. The van der Waals surface area contributed by atoms with Crippen molar-refractivity contribution in [1.82, 2.24) is 4.90 Å². The fourth-order valence-electron chi connectivity index (χ4n) is 3.90. The van der Waals surface area contributed by atoms with E-state index in [0.717, 1.165) is 18.2 Å². The van der Waals surface area contributed by atoms with E-state index in [0.29, 0.717) is 30.2 Å². The summed E-state index contributed by atoms with van der Waals surface area (Å²) in [5.74, 6) is 0.836. The van der Waals surface area contributed by atoms with Crippen LogP contribution in [0.15, 0.2) is 28.7 Å². The van der Waals surface area contributed by atoms with Crippen LogP contribution in [0.1, 0.15) is 23.4 Å². The van der Waals surface area contributed by atoms with Gasteiger partial charge in [-0.25, -0.2) is 0 Å². The lowest BCUT2D eigenvalue weighted by atomic mass is 10.1. The maximum atomic E-state index is 13.1. The molecule has 1 aliphatic heterocycles. The van der Waals surface area contributed by atoms with Crippen LogP contribution in [0.25, 0.3) is 11.0 Å². The van der Waals surface area contributed by atoms with Crippen molar-refractivity contribution in [3.63, 3.8) is 0 Å². The zero-order valence-corrected chi connectivity index (χ0v) is 13.9. The number of carbonyl (C=O) groups excluding carboxylic acids is 1. The van der Waals surface area contributed by atoms with E-state index in [1.807, 2.05) is 23.1 Å². The third-order valence-corrected chi connectivity index (χ3v) is 5.03. The SMILES string of the molecule is COc1cccc2cc(C(=O)N3CCOC4CCC3C4OC)oc12. The van der Waals surface area contributed by atoms with Gasteiger partial charge in [0.25, 0.3) is 5.91 Å². The van der Waals surface area contributed by atoms with Gasteiger partial charge in [0.2, 0.25) is 0 Å². The monoisotopic (exact) mass is 331 g/mol. The Morgan fingerprint density at radius 2 is 2.17 bits per heavy atom. The second kappa shape index (κ2) is 6.11. The molecule has 2 aliphatic rings. The van der Waals surface area contributed by atoms with Crippen LogP contribution in [0.5, 0.6) is 5.75 Å². The Bertz CT molecular complexity index is 755. The molecular formula is C18H21NO5. The smallest absolute Gasteiger partial charge is 0.290 e. The summed E-state index contributed by atoms with van der Waals surface area (Å²) in [7, 11) is 3.27. The molecule has 2 heterocycles. The molecule has 1 aliphatic carbocycles. The molecule has 24 heavy (non-hydrogen) atoms. The van der Waals surface area contributed by atoms with E-state index in [9.17, 15) is 4.79 Å². The quantitative estimate of drug-likeness (QED) is 0.864. The van der Waals surface area contributed by atoms with Crippen LogP contribution in [-0.2, 0) is 9.47 Å². The van der Waals surface area contributed by atoms with Crippen molar-refractivity contribution in [2.24, 2.45) is 0 Å². The predicted molar refractivity (Wildman–Crippen MR) is 87.4 cm³/mol. The number of furan rings is 1. The summed E-state index contributed by atoms with van der Waals surface area (Å²) in [4.78, 5) is 14.9. The lowest BCUT2D eigenvalue weighted by Crippen LogP contribution is -2.46. The van der Waals surface area contributed by atoms with E-state index in [1.165, 1.54) is 0 Å². The topological polar surface area (TPSA) is 61.1 Å². The number of amides is 1. The summed E-state index contributed by atoms with van der Waals surface area (Å²) < 4.78 is 22.6. The predicted octanol–water partition coefficient (Wildman–Crippen LogP) is 2.46. The van der Waals surface area contributed by atoms with Crippen LogP contribution in [0.3, 0.4) is 0 Å². The minimum Gasteiger partial charge on any atom is -0.493 e. The molecule has 2 bridgehead atoms. The number of carbonyl (C=O) groups is 1. The van der Waals surface area contributed by atoms with Crippen molar-refractivity contribution in [3.8, 4) is 5.75 Å². The van der Waals surface area contributed by atoms with Gasteiger partial charge in [-0.1, -0.05) is 12.1 Å². The maximum absolute atomic E-state index is 13.1. The van der Waals surface area contributed by atoms with Crippen LogP contribution in [0.4, 0.5) is 0 Å². The molecule has 0 N–H and O–H groups in total. The number of rotatable bonds is 3. The Morgan fingerprint density at radius 1 is 1.29 bits per heavy atom. The lowest BCUT2D eigenvalue weighted by Gasteiger charge is -2.29. The van der Waals surface area contributed by atoms with Crippen molar-refractivity contribution in [2.45, 2.75) is 31.1 Å². The number of ether oxygens (including phenoxy) is 3. The van der Waals surface area contributed by atoms with Crippen LogP contribution >= 0.6 is 0 Å². The molecule has 1 aromatic carbocycles. The largest absolute Gasteiger partial charge is 0.493 e. The minimum atomic E-state index is -0.119. The average molecular weight is 331 g/mol. The molecule has 128 valence electrons. The Balaban J connectivity index is 1.67. The second-order valence-electron chi connectivity index (χ2n) is 6.24. The fourth-order valence-corrected chi connectivity index (χ4v) is 3.90. The number of methoxy groups -OCH3 is 2. The molecule has 4 rings (SSSR count). The van der Waals surface area contributed by atoms with Crippen LogP contribution in [0.2, 0.25) is 0 Å². The summed E-state index contributed by atoms with van der Waals surface area (Å²) >= 11 is 0. The molecule has 0 radical (unpaired) electrons. The number of para-hydroxylation sites is 1. The highest BCUT2D eigenvalue weighted by Gasteiger charge is 2.44. The number of hydrogen-bond acceptors (Lipinski definition) is 5. The molecule has 1 saturated carbocycles. The van der Waals surface area contributed by atoms with E-state index in [2.05, 4.69) is 0 Å². The Labute approximate surface area is 140 Å². The van der Waals surface area contributed by atoms with Gasteiger partial charge in [-0.3, -0.25) is 4.79 Å². The van der Waals surface area contributed by atoms with E-state index in [4.69, 9.17) is 18.6 Å². The van der Waals surface area contributed by atoms with Crippen LogP contribution in [-0.4, -0.2) is 56.4 Å². The number of benzene rings is 1. The third-order valence-electron chi connectivity index (χ3n) is 5.03. The third kappa shape index (κ3) is 2.37. The number of fused-ring (bicyclic) bond motifs is 3. The highest BCUT2D eigenvalue weighted by atomic mass is 16.5. The first-order chi connectivity index (χ1) is 11.7. The molecule has 3 atom stereocenters. The van der Waals surface area contributed by atoms with E-state index < -0.39 is 0 Å². The molecule has 1 aromatic heterocycles. The Hall–Kier alpha value is -2.05. The highest BCUT2D eigenvalue weighted by Crippen LogP contribution is 2.34. The van der Waals surface area contributed by atoms with Gasteiger partial charge in [-0.15, -0.1) is 0 Å². The average Bonchev–Trinajstić information content (AvgIpc) is 3.14. The highest BCUT2D eigenvalue weighted by molar-refractivity contribution is 5.97. The van der Waals surface area contributed by atoms with Crippen molar-refractivity contribution in [1.29, 1.82) is 0 Å². The van der Waals surface area contributed by atoms with Crippen molar-refractivity contribution in [2.75, 3.05) is 27.4 Å². The molecule has 1 amide bonds. The van der Waals surface area contributed by atoms with Crippen molar-refractivity contribution < 1.29 is 23.4 Å². The first-order valence-electron chi connectivity index (χ1n) is 8.25. The van der Waals surface area contributed by atoms with Gasteiger partial charge in [0.05, 0.1) is 25.9 Å². The first-order valence-corrected chi connectivity index (χ1v) is 8.25. The van der Waals surface area contributed by atoms with E-state index in [-0.39, 0.29) is 24.2 Å². The van der Waals surface area contributed by atoms with Crippen molar-refractivity contribution >= 4 is 16.9 Å². The van der Waals surface area contributed by atoms with Gasteiger partial charge in [0.15, 0.2) is 17.1 Å². The molecule has 3 unspecified atom stereocenters. The summed E-state index contributed by atoms with van der Waals surface area (Å²) in [5.41, 5.74) is 0.599. The van der Waals surface area contributed by atoms with Crippen molar-refractivity contribution in [3.05, 3.63) is 30.0 Å². The summed E-state index contributed by atoms with van der Waals surface area (Å²) in [6.07, 6.45) is 1.81. The summed E-state index contributed by atoms with van der Waals surface area (Å²) in [6.45, 7) is 1.07. The number of hydrogen-bond donors (Lipinski definition) is 0. The molecule has 6 nitrogen and oxygen atoms in total. The molecule has 1 saturated heterocycles.